The number of aromatic nitrogens is 2. The van der Waals surface area contributed by atoms with Gasteiger partial charge in [-0.25, -0.2) is 9.97 Å². The van der Waals surface area contributed by atoms with Crippen LogP contribution in [0, 0.1) is 0 Å². The van der Waals surface area contributed by atoms with Gasteiger partial charge in [0.25, 0.3) is 0 Å². The zero-order valence-electron chi connectivity index (χ0n) is 11.6. The van der Waals surface area contributed by atoms with Gasteiger partial charge in [0.05, 0.1) is 0 Å². The van der Waals surface area contributed by atoms with Crippen LogP contribution in [0.5, 0.6) is 0 Å². The van der Waals surface area contributed by atoms with Gasteiger partial charge in [-0.15, -0.1) is 0 Å². The van der Waals surface area contributed by atoms with Crippen molar-refractivity contribution in [2.45, 2.75) is 18.8 Å². The van der Waals surface area contributed by atoms with E-state index in [0.717, 1.165) is 17.3 Å². The summed E-state index contributed by atoms with van der Waals surface area (Å²) in [4.78, 5) is 8.88. The molecular weight excluding hydrogens is 260 g/mol. The molecule has 0 atom stereocenters. The minimum absolute atomic E-state index is 0.491. The summed E-state index contributed by atoms with van der Waals surface area (Å²) in [6.45, 7) is 0. The first kappa shape index (κ1) is 12.1. The lowest BCUT2D eigenvalue weighted by Crippen LogP contribution is -2.02. The topological polar surface area (TPSA) is 63.8 Å². The first-order chi connectivity index (χ1) is 10.3. The first-order valence-electron chi connectivity index (χ1n) is 7.18. The second-order valence-corrected chi connectivity index (χ2v) is 5.50. The Balaban J connectivity index is 1.67. The molecule has 0 unspecified atom stereocenters. The first-order valence-corrected chi connectivity index (χ1v) is 7.18. The highest BCUT2D eigenvalue weighted by Gasteiger charge is 2.27. The van der Waals surface area contributed by atoms with Crippen LogP contribution in [0.2, 0.25) is 0 Å². The number of nitrogens with two attached hydrogens (primary N) is 1. The Kier molecular flexibility index (Phi) is 2.74. The molecule has 1 saturated carbocycles. The Labute approximate surface area is 123 Å². The molecular formula is C17H16N4. The summed E-state index contributed by atoms with van der Waals surface area (Å²) < 4.78 is 0. The predicted molar refractivity (Wildman–Crippen MR) is 85.7 cm³/mol. The van der Waals surface area contributed by atoms with E-state index in [-0.39, 0.29) is 0 Å². The van der Waals surface area contributed by atoms with Crippen molar-refractivity contribution < 1.29 is 0 Å². The summed E-state index contributed by atoms with van der Waals surface area (Å²) in [5.74, 6) is 2.64. The van der Waals surface area contributed by atoms with Crippen molar-refractivity contribution in [1.29, 1.82) is 0 Å². The largest absolute Gasteiger partial charge is 0.384 e. The van der Waals surface area contributed by atoms with Crippen molar-refractivity contribution in [3.63, 3.8) is 0 Å². The average molecular weight is 276 g/mol. The number of nitrogens with one attached hydrogen (secondary N) is 1. The Morgan fingerprint density at radius 3 is 2.57 bits per heavy atom. The van der Waals surface area contributed by atoms with Crippen LogP contribution in [-0.2, 0) is 0 Å². The van der Waals surface area contributed by atoms with Crippen LogP contribution in [0.4, 0.5) is 17.3 Å². The van der Waals surface area contributed by atoms with Gasteiger partial charge in [0.2, 0.25) is 0 Å². The molecule has 0 aliphatic heterocycles. The van der Waals surface area contributed by atoms with Crippen LogP contribution < -0.4 is 11.1 Å². The van der Waals surface area contributed by atoms with Crippen LogP contribution in [0.15, 0.2) is 48.5 Å². The normalized spacial score (nSPS) is 14.3. The molecule has 4 nitrogen and oxygen atoms in total. The van der Waals surface area contributed by atoms with Crippen molar-refractivity contribution in [2.75, 3.05) is 11.1 Å². The second kappa shape index (κ2) is 4.74. The highest BCUT2D eigenvalue weighted by atomic mass is 15.1. The quantitative estimate of drug-likeness (QED) is 0.763. The maximum Gasteiger partial charge on any atom is 0.136 e. The Morgan fingerprint density at radius 2 is 1.76 bits per heavy atom. The van der Waals surface area contributed by atoms with Crippen molar-refractivity contribution >= 4 is 28.1 Å². The van der Waals surface area contributed by atoms with Crippen LogP contribution in [-0.4, -0.2) is 9.97 Å². The molecule has 0 bridgehead atoms. The summed E-state index contributed by atoms with van der Waals surface area (Å²) >= 11 is 0. The molecule has 1 aliphatic carbocycles. The van der Waals surface area contributed by atoms with E-state index >= 15 is 0 Å². The molecule has 21 heavy (non-hydrogen) atoms. The lowest BCUT2D eigenvalue weighted by atomic mass is 10.1. The summed E-state index contributed by atoms with van der Waals surface area (Å²) in [6, 6.07) is 16.3. The maximum atomic E-state index is 5.88. The van der Waals surface area contributed by atoms with Gasteiger partial charge in [-0.2, -0.15) is 0 Å². The second-order valence-electron chi connectivity index (χ2n) is 5.50. The van der Waals surface area contributed by atoms with E-state index in [2.05, 4.69) is 45.6 Å². The zero-order chi connectivity index (χ0) is 14.2. The summed E-state index contributed by atoms with van der Waals surface area (Å²) in [5, 5.41) is 5.76. The molecule has 1 heterocycles. The van der Waals surface area contributed by atoms with E-state index in [0.29, 0.717) is 11.7 Å². The van der Waals surface area contributed by atoms with E-state index in [1.165, 1.54) is 23.6 Å². The molecule has 104 valence electrons. The van der Waals surface area contributed by atoms with Gasteiger partial charge in [-0.3, -0.25) is 0 Å². The van der Waals surface area contributed by atoms with Crippen LogP contribution >= 0.6 is 0 Å². The predicted octanol–water partition coefficient (Wildman–Crippen LogP) is 3.83. The van der Waals surface area contributed by atoms with Gasteiger partial charge in [0, 0.05) is 17.7 Å². The van der Waals surface area contributed by atoms with Crippen LogP contribution in [0.3, 0.4) is 0 Å². The van der Waals surface area contributed by atoms with Crippen molar-refractivity contribution in [2.24, 2.45) is 0 Å². The third kappa shape index (κ3) is 2.52. The third-order valence-electron chi connectivity index (χ3n) is 3.73. The van der Waals surface area contributed by atoms with E-state index in [1.54, 1.807) is 6.07 Å². The average Bonchev–Trinajstić information content (AvgIpc) is 3.31. The number of nitrogen functional groups attached to an aromatic ring is 1. The maximum absolute atomic E-state index is 5.88. The molecule has 3 aromatic rings. The molecule has 0 spiro atoms. The Bertz CT molecular complexity index is 809. The van der Waals surface area contributed by atoms with Crippen molar-refractivity contribution in [3.05, 3.63) is 54.4 Å². The minimum Gasteiger partial charge on any atom is -0.384 e. The molecule has 1 aromatic heterocycles. The lowest BCUT2D eigenvalue weighted by Gasteiger charge is -2.09. The molecule has 0 amide bonds. The van der Waals surface area contributed by atoms with Crippen molar-refractivity contribution in [3.8, 4) is 0 Å². The highest BCUT2D eigenvalue weighted by molar-refractivity contribution is 5.86. The molecule has 0 saturated heterocycles. The SMILES string of the molecule is Nc1cc(Nc2ccc3ccccc3c2)nc(C2CC2)n1. The smallest absolute Gasteiger partial charge is 0.136 e. The molecule has 4 heteroatoms. The van der Waals surface area contributed by atoms with Gasteiger partial charge in [-0.1, -0.05) is 30.3 Å². The van der Waals surface area contributed by atoms with Gasteiger partial charge in [-0.05, 0) is 35.7 Å². The number of hydrogen-bond acceptors (Lipinski definition) is 4. The van der Waals surface area contributed by atoms with Gasteiger partial charge in [0.15, 0.2) is 0 Å². The third-order valence-corrected chi connectivity index (χ3v) is 3.73. The van der Waals surface area contributed by atoms with Gasteiger partial charge < -0.3 is 11.1 Å². The molecule has 1 aliphatic rings. The van der Waals surface area contributed by atoms with E-state index in [9.17, 15) is 0 Å². The number of benzene rings is 2. The monoisotopic (exact) mass is 276 g/mol. The standard InChI is InChI=1S/C17H16N4/c18-15-10-16(21-17(20-15)12-5-6-12)19-14-8-7-11-3-1-2-4-13(11)9-14/h1-4,7-10,12H,5-6H2,(H3,18,19,20,21). The van der Waals surface area contributed by atoms with Crippen LogP contribution in [0.1, 0.15) is 24.6 Å². The van der Waals surface area contributed by atoms with E-state index < -0.39 is 0 Å². The summed E-state index contributed by atoms with van der Waals surface area (Å²) in [6.07, 6.45) is 2.33. The fourth-order valence-corrected chi connectivity index (χ4v) is 2.49. The highest BCUT2D eigenvalue weighted by Crippen LogP contribution is 2.38. The number of anilines is 3. The summed E-state index contributed by atoms with van der Waals surface area (Å²) in [7, 11) is 0. The summed E-state index contributed by atoms with van der Waals surface area (Å²) in [5.41, 5.74) is 6.89. The minimum atomic E-state index is 0.491. The molecule has 3 N–H and O–H groups in total. The van der Waals surface area contributed by atoms with Gasteiger partial charge in [0.1, 0.15) is 17.5 Å². The Hall–Kier alpha value is -2.62. The van der Waals surface area contributed by atoms with E-state index in [4.69, 9.17) is 5.73 Å². The number of rotatable bonds is 3. The lowest BCUT2D eigenvalue weighted by molar-refractivity contribution is 0.936. The zero-order valence-corrected chi connectivity index (χ0v) is 11.6. The number of hydrogen-bond donors (Lipinski definition) is 2. The van der Waals surface area contributed by atoms with Gasteiger partial charge >= 0.3 is 0 Å². The fourth-order valence-electron chi connectivity index (χ4n) is 2.49. The fraction of sp³-hybridized carbons (Fsp3) is 0.176. The molecule has 0 radical (unpaired) electrons. The Morgan fingerprint density at radius 1 is 0.952 bits per heavy atom. The number of nitrogens with zero attached hydrogens (tertiary/aromatic N) is 2. The molecule has 1 fully saturated rings. The number of fused-ring (bicyclic) bond motifs is 1. The molecule has 2 aromatic carbocycles. The van der Waals surface area contributed by atoms with Crippen LogP contribution in [0.25, 0.3) is 10.8 Å². The van der Waals surface area contributed by atoms with E-state index in [1.807, 2.05) is 12.1 Å². The molecule has 4 rings (SSSR count). The van der Waals surface area contributed by atoms with Crippen molar-refractivity contribution in [1.82, 2.24) is 9.97 Å².